The van der Waals surface area contributed by atoms with Crippen molar-refractivity contribution in [3.05, 3.63) is 35.9 Å². The summed E-state index contributed by atoms with van der Waals surface area (Å²) in [6.45, 7) is 108. The minimum atomic E-state index is 0.103. The van der Waals surface area contributed by atoms with E-state index < -0.39 is 0 Å². The molecule has 0 saturated carbocycles. The highest BCUT2D eigenvalue weighted by Gasteiger charge is 2.39. The highest BCUT2D eigenvalue weighted by molar-refractivity contribution is 5.26. The molecule has 12 rings (SSSR count). The van der Waals surface area contributed by atoms with Crippen LogP contribution in [0.5, 0.6) is 0 Å². The SMILES string of the molecule is CC(C)(C)N1CCC(CN)CC1.CC(C)N1CCC(C)(N)CC1.CC(C)N1CCC(CN)C1.CC(C)N1CCCCC1.CC(C)N1CCC[C@@H](C)CC1.CC1CCN(C(C)C)C1.CC1CCN(C(C)C)CC1.CCC1(C)CCN(C(C)C)CC1.CCC1(N)CCN(C(C)C)CC1.CCC1(c2ccccc2)CCN(C(C)(C)C)CC1.CCCC1CCN(C(C)(C)C)CC1. The Labute approximate surface area is 796 Å². The average Bonchev–Trinajstić information content (AvgIpc) is 1.65. The smallest absolute Gasteiger partial charge is 0.0176 e. The lowest BCUT2D eigenvalue weighted by Gasteiger charge is -2.46. The average molecular weight is 1790 g/mol. The second-order valence-corrected chi connectivity index (χ2v) is 48.4. The first-order valence-electron chi connectivity index (χ1n) is 54.6. The lowest BCUT2D eigenvalue weighted by Crippen LogP contribution is -2.51. The van der Waals surface area contributed by atoms with Crippen molar-refractivity contribution in [1.82, 2.24) is 53.9 Å². The van der Waals surface area contributed by atoms with Crippen LogP contribution in [-0.2, 0) is 5.41 Å². The van der Waals surface area contributed by atoms with Crippen LogP contribution in [0.3, 0.4) is 0 Å². The molecule has 0 radical (unpaired) electrons. The maximum absolute atomic E-state index is 6.19. The molecule has 11 aliphatic rings. The van der Waals surface area contributed by atoms with Gasteiger partial charge in [0.25, 0.3) is 0 Å². The molecule has 2 unspecified atom stereocenters. The first-order chi connectivity index (χ1) is 59.3. The van der Waals surface area contributed by atoms with Crippen LogP contribution in [0.1, 0.15) is 414 Å². The van der Waals surface area contributed by atoms with Gasteiger partial charge in [-0.1, -0.05) is 111 Å². The Balaban J connectivity index is 0.000000476. The van der Waals surface area contributed by atoms with E-state index >= 15 is 0 Å². The summed E-state index contributed by atoms with van der Waals surface area (Å²) >= 11 is 0. The van der Waals surface area contributed by atoms with Crippen molar-refractivity contribution in [3.63, 3.8) is 0 Å². The van der Waals surface area contributed by atoms with Crippen LogP contribution >= 0.6 is 0 Å². The molecule has 1 aromatic rings. The second kappa shape index (κ2) is 62.5. The van der Waals surface area contributed by atoms with Crippen LogP contribution in [0.4, 0.5) is 0 Å². The molecule has 11 aliphatic heterocycles. The Morgan fingerprint density at radius 2 is 0.638 bits per heavy atom. The Morgan fingerprint density at radius 3 is 0.969 bits per heavy atom. The Kier molecular flexibility index (Phi) is 59.8. The normalized spacial score (nSPS) is 24.7. The van der Waals surface area contributed by atoms with Gasteiger partial charge >= 0.3 is 0 Å². The predicted octanol–water partition coefficient (Wildman–Crippen LogP) is 23.6. The van der Waals surface area contributed by atoms with Crippen LogP contribution in [0.25, 0.3) is 0 Å². The zero-order valence-electron chi connectivity index (χ0n) is 92.3. The summed E-state index contributed by atoms with van der Waals surface area (Å²) in [5.41, 5.74) is 27.3. The van der Waals surface area contributed by atoms with Crippen LogP contribution in [0.2, 0.25) is 0 Å². The summed E-state index contributed by atoms with van der Waals surface area (Å²) < 4.78 is 0. The third kappa shape index (κ3) is 50.0. The lowest BCUT2D eigenvalue weighted by atomic mass is 9.70. The number of rotatable bonds is 16. The monoisotopic (exact) mass is 1790 g/mol. The number of nitrogens with zero attached hydrogens (tertiary/aromatic N) is 11. The quantitative estimate of drug-likeness (QED) is 0.125. The topological polar surface area (TPSA) is 140 Å². The van der Waals surface area contributed by atoms with Gasteiger partial charge in [-0.05, 0) is 497 Å². The summed E-state index contributed by atoms with van der Waals surface area (Å²) in [6, 6.07) is 17.0. The molecule has 0 bridgehead atoms. The molecule has 15 nitrogen and oxygen atoms in total. The molecule has 15 heteroatoms. The Hall–Kier alpha value is -1.38. The molecule has 11 heterocycles. The third-order valence-corrected chi connectivity index (χ3v) is 32.4. The van der Waals surface area contributed by atoms with E-state index in [2.05, 4.69) is 320 Å². The molecule has 11 saturated heterocycles. The van der Waals surface area contributed by atoms with Crippen LogP contribution in [0, 0.1) is 40.9 Å². The lowest BCUT2D eigenvalue weighted by molar-refractivity contribution is 0.0726. The van der Waals surface area contributed by atoms with Crippen molar-refractivity contribution in [2.75, 3.05) is 157 Å². The number of likely N-dealkylation sites (tertiary alicyclic amines) is 11. The van der Waals surface area contributed by atoms with Gasteiger partial charge in [-0.25, -0.2) is 0 Å². The van der Waals surface area contributed by atoms with Crippen molar-refractivity contribution in [1.29, 1.82) is 0 Å². The summed E-state index contributed by atoms with van der Waals surface area (Å²) in [7, 11) is 0. The van der Waals surface area contributed by atoms with E-state index in [4.69, 9.17) is 22.9 Å². The van der Waals surface area contributed by atoms with E-state index in [1.165, 1.54) is 298 Å². The molecule has 1 aromatic carbocycles. The molecular formula is C112H231N15. The van der Waals surface area contributed by atoms with Crippen molar-refractivity contribution >= 4 is 0 Å². The maximum atomic E-state index is 6.19. The molecule has 0 aliphatic carbocycles. The predicted molar refractivity (Wildman–Crippen MR) is 567 cm³/mol. The van der Waals surface area contributed by atoms with E-state index in [-0.39, 0.29) is 11.1 Å². The van der Waals surface area contributed by atoms with E-state index in [0.717, 1.165) is 98.1 Å². The number of nitrogens with two attached hydrogens (primary N) is 4. The molecule has 0 amide bonds. The van der Waals surface area contributed by atoms with Crippen molar-refractivity contribution < 1.29 is 0 Å². The number of piperidine rings is 8. The molecule has 0 aromatic heterocycles. The molecule has 3 atom stereocenters. The zero-order valence-corrected chi connectivity index (χ0v) is 92.3. The Morgan fingerprint density at radius 1 is 0.315 bits per heavy atom. The van der Waals surface area contributed by atoms with Gasteiger partial charge in [-0.2, -0.15) is 0 Å². The third-order valence-electron chi connectivity index (χ3n) is 32.4. The molecule has 8 N–H and O–H groups in total. The summed E-state index contributed by atoms with van der Waals surface area (Å²) in [6.07, 6.45) is 36.0. The number of benzene rings is 1. The van der Waals surface area contributed by atoms with E-state index in [0.29, 0.717) is 45.6 Å². The first kappa shape index (κ1) is 122. The fourth-order valence-corrected chi connectivity index (χ4v) is 20.5. The zero-order chi connectivity index (χ0) is 96.1. The minimum absolute atomic E-state index is 0.103. The van der Waals surface area contributed by atoms with Gasteiger partial charge in [-0.3, -0.25) is 14.7 Å². The number of hydrogen-bond acceptors (Lipinski definition) is 15. The van der Waals surface area contributed by atoms with Gasteiger partial charge in [0.05, 0.1) is 0 Å². The fraction of sp³-hybridized carbons (Fsp3) is 0.946. The van der Waals surface area contributed by atoms with Crippen molar-refractivity contribution in [2.24, 2.45) is 63.9 Å². The molecular weight excluding hydrogens is 1560 g/mol. The standard InChI is InChI=1S/C17H27N.C12H25N.C11H23N.2C10H22N2.C10H21N.C9H20N2.C9H19N.C8H18N2.2C8H17N/c1-5-17(15-9-7-6-8-10-15)11-13-18(14-12-17)16(2,3)4;1-5-6-11-7-9-13(10-8-11)12(2,3)4;1-5-11(4)6-8-12(9-7-11)10(2)3;1-10(2,3)12-6-4-9(8-11)5-7-12;1-4-10(11)5-7-12(8-6-10)9(2)3;1-9(2)11-7-4-5-10(3)6-8-11;1-8(2)11-6-4-9(3,10)5-7-11;1-8(2)10-6-4-9(3)5-7-10;1-7(2)10-4-3-8(5-9)6-10;1-7(2)9-5-4-8(3)6-9;1-8(2)9-6-4-3-5-7-9/h6-10H,5,11-14H2,1-4H3;11H,5-10H2,1-4H3;10H,5-9H2,1-4H3;2*9H,4-8,11H2,1-3H3;9-10H,4-8H2,1-3H3;8H,4-7,10H2,1-3H3;8-9H,4-7H2,1-3H3;7-8H,3-6,9H2,1-2H3;7-8H,4-6H2,1-3H3;8H,3-7H2,1-2H3/t;;;;;10-;;;;;/m.....1...../s1. The molecule has 754 valence electrons. The molecule has 127 heavy (non-hydrogen) atoms. The van der Waals surface area contributed by atoms with Crippen LogP contribution in [-0.4, -0.2) is 287 Å². The maximum Gasteiger partial charge on any atom is 0.0176 e. The van der Waals surface area contributed by atoms with Gasteiger partial charge in [0.2, 0.25) is 0 Å². The second-order valence-electron chi connectivity index (χ2n) is 48.4. The molecule has 0 spiro atoms. The highest BCUT2D eigenvalue weighted by Crippen LogP contribution is 2.41. The van der Waals surface area contributed by atoms with Gasteiger partial charge < -0.3 is 62.1 Å². The summed E-state index contributed by atoms with van der Waals surface area (Å²) in [5.74, 6) is 5.43. The Bertz CT molecular complexity index is 2690. The first-order valence-corrected chi connectivity index (χ1v) is 54.6. The number of hydrogen-bond donors (Lipinski definition) is 4. The largest absolute Gasteiger partial charge is 0.330 e. The van der Waals surface area contributed by atoms with E-state index in [9.17, 15) is 0 Å². The van der Waals surface area contributed by atoms with E-state index in [1.807, 2.05) is 0 Å². The van der Waals surface area contributed by atoms with Crippen LogP contribution in [0.15, 0.2) is 30.3 Å². The van der Waals surface area contributed by atoms with Gasteiger partial charge in [0.15, 0.2) is 0 Å². The van der Waals surface area contributed by atoms with Gasteiger partial charge in [0, 0.05) is 115 Å². The summed E-state index contributed by atoms with van der Waals surface area (Å²) in [5, 5.41) is 0. The van der Waals surface area contributed by atoms with Crippen LogP contribution < -0.4 is 22.9 Å². The fourth-order valence-electron chi connectivity index (χ4n) is 20.5. The molecule has 11 fully saturated rings. The van der Waals surface area contributed by atoms with E-state index in [1.54, 1.807) is 5.56 Å². The van der Waals surface area contributed by atoms with Gasteiger partial charge in [0.1, 0.15) is 0 Å². The summed E-state index contributed by atoms with van der Waals surface area (Å²) in [4.78, 5) is 28.2. The highest BCUT2D eigenvalue weighted by atomic mass is 15.2. The van der Waals surface area contributed by atoms with Gasteiger partial charge in [-0.15, -0.1) is 0 Å². The van der Waals surface area contributed by atoms with Crippen molar-refractivity contribution in [3.8, 4) is 0 Å². The van der Waals surface area contributed by atoms with Crippen molar-refractivity contribution in [2.45, 2.75) is 490 Å². The minimum Gasteiger partial charge on any atom is -0.330 e.